The number of hydrogen-bond donors (Lipinski definition) is 0. The van der Waals surface area contributed by atoms with Crippen molar-refractivity contribution in [2.45, 2.75) is 0 Å². The Morgan fingerprint density at radius 3 is 2.35 bits per heavy atom. The van der Waals surface area contributed by atoms with Crippen LogP contribution in [0.15, 0.2) is 61.2 Å². The first-order chi connectivity index (χ1) is 12.5. The molecule has 0 unspecified atom stereocenters. The van der Waals surface area contributed by atoms with Crippen molar-refractivity contribution in [3.05, 3.63) is 84.2 Å². The summed E-state index contributed by atoms with van der Waals surface area (Å²) in [7, 11) is 0. The van der Waals surface area contributed by atoms with E-state index in [1.165, 1.54) is 36.4 Å². The minimum Gasteiger partial charge on any atom is -0.489 e. The number of esters is 1. The van der Waals surface area contributed by atoms with Gasteiger partial charge in [0.2, 0.25) is 0 Å². The predicted octanol–water partition coefficient (Wildman–Crippen LogP) is 5.04. The van der Waals surface area contributed by atoms with Crippen LogP contribution in [0.5, 0.6) is 11.5 Å². The molecule has 0 saturated heterocycles. The molecule has 0 atom stereocenters. The first-order valence-electron chi connectivity index (χ1n) is 7.62. The van der Waals surface area contributed by atoms with Crippen LogP contribution < -0.4 is 9.47 Å². The molecular weight excluding hydrogens is 345 g/mol. The van der Waals surface area contributed by atoms with Gasteiger partial charge in [-0.2, -0.15) is 0 Å². The molecule has 0 aromatic heterocycles. The van der Waals surface area contributed by atoms with Gasteiger partial charge in [0.15, 0.2) is 23.2 Å². The Bertz CT molecular complexity index is 999. The summed E-state index contributed by atoms with van der Waals surface area (Å²) in [6, 6.07) is 10.0. The zero-order chi connectivity index (χ0) is 18.7. The van der Waals surface area contributed by atoms with E-state index in [9.17, 15) is 18.0 Å². The van der Waals surface area contributed by atoms with Crippen molar-refractivity contribution >= 4 is 16.7 Å². The van der Waals surface area contributed by atoms with Gasteiger partial charge >= 0.3 is 5.97 Å². The number of halogens is 3. The van der Waals surface area contributed by atoms with Crippen LogP contribution in [0.25, 0.3) is 10.8 Å². The summed E-state index contributed by atoms with van der Waals surface area (Å²) in [4.78, 5) is 12.2. The first-order valence-corrected chi connectivity index (χ1v) is 7.62. The third-order valence-electron chi connectivity index (χ3n) is 3.59. The van der Waals surface area contributed by atoms with Crippen LogP contribution in [0, 0.1) is 17.5 Å². The van der Waals surface area contributed by atoms with Gasteiger partial charge in [0, 0.05) is 6.07 Å². The summed E-state index contributed by atoms with van der Waals surface area (Å²) in [6.07, 6.45) is 1.51. The van der Waals surface area contributed by atoms with E-state index in [1.807, 2.05) is 0 Å². The van der Waals surface area contributed by atoms with Crippen molar-refractivity contribution in [3.8, 4) is 11.5 Å². The molecule has 0 N–H and O–H groups in total. The van der Waals surface area contributed by atoms with E-state index in [4.69, 9.17) is 9.47 Å². The lowest BCUT2D eigenvalue weighted by Crippen LogP contribution is -2.09. The van der Waals surface area contributed by atoms with Crippen molar-refractivity contribution in [1.82, 2.24) is 0 Å². The van der Waals surface area contributed by atoms with Gasteiger partial charge in [0.1, 0.15) is 12.4 Å². The van der Waals surface area contributed by atoms with E-state index in [0.717, 1.165) is 18.2 Å². The Morgan fingerprint density at radius 2 is 1.65 bits per heavy atom. The highest BCUT2D eigenvalue weighted by Crippen LogP contribution is 2.25. The lowest BCUT2D eigenvalue weighted by Gasteiger charge is -2.08. The maximum absolute atomic E-state index is 14.0. The molecule has 0 bridgehead atoms. The predicted molar refractivity (Wildman–Crippen MR) is 90.9 cm³/mol. The maximum Gasteiger partial charge on any atom is 0.343 e. The van der Waals surface area contributed by atoms with Gasteiger partial charge in [0.25, 0.3) is 0 Å². The zero-order valence-electron chi connectivity index (χ0n) is 13.5. The lowest BCUT2D eigenvalue weighted by atomic mass is 10.1. The summed E-state index contributed by atoms with van der Waals surface area (Å²) >= 11 is 0. The van der Waals surface area contributed by atoms with E-state index in [2.05, 4.69) is 6.58 Å². The molecule has 0 amide bonds. The molecule has 3 rings (SSSR count). The summed E-state index contributed by atoms with van der Waals surface area (Å²) in [6.45, 7) is 3.70. The number of benzene rings is 3. The van der Waals surface area contributed by atoms with Crippen molar-refractivity contribution < 1.29 is 27.4 Å². The highest BCUT2D eigenvalue weighted by molar-refractivity contribution is 5.96. The standard InChI is InChI=1S/C20H13F3O3/c1-2-7-25-15-5-6-19(18(23)11-15)26-20(24)13-4-3-12-9-16(21)17(22)10-14(12)8-13/h2-6,8-11H,1,7H2. The Kier molecular flexibility index (Phi) is 4.93. The van der Waals surface area contributed by atoms with E-state index < -0.39 is 23.4 Å². The molecule has 6 heteroatoms. The molecule has 0 aliphatic heterocycles. The highest BCUT2D eigenvalue weighted by Gasteiger charge is 2.14. The van der Waals surface area contributed by atoms with Gasteiger partial charge in [-0.25, -0.2) is 18.0 Å². The molecule has 0 heterocycles. The van der Waals surface area contributed by atoms with Crippen LogP contribution in [0.3, 0.4) is 0 Å². The van der Waals surface area contributed by atoms with Gasteiger partial charge in [-0.3, -0.25) is 0 Å². The minimum absolute atomic E-state index is 0.0786. The molecule has 3 aromatic rings. The first kappa shape index (κ1) is 17.5. The SMILES string of the molecule is C=CCOc1ccc(OC(=O)c2ccc3cc(F)c(F)cc3c2)c(F)c1. The molecule has 0 fully saturated rings. The Labute approximate surface area is 147 Å². The lowest BCUT2D eigenvalue weighted by molar-refractivity contribution is 0.0727. The second-order valence-electron chi connectivity index (χ2n) is 5.41. The largest absolute Gasteiger partial charge is 0.489 e. The summed E-state index contributed by atoms with van der Waals surface area (Å²) in [5.74, 6) is -3.60. The maximum atomic E-state index is 14.0. The topological polar surface area (TPSA) is 35.5 Å². The van der Waals surface area contributed by atoms with Gasteiger partial charge < -0.3 is 9.47 Å². The molecule has 26 heavy (non-hydrogen) atoms. The zero-order valence-corrected chi connectivity index (χ0v) is 13.5. The normalized spacial score (nSPS) is 10.6. The van der Waals surface area contributed by atoms with Gasteiger partial charge in [-0.15, -0.1) is 0 Å². The van der Waals surface area contributed by atoms with Crippen LogP contribution in [0.4, 0.5) is 13.2 Å². The Morgan fingerprint density at radius 1 is 0.923 bits per heavy atom. The summed E-state index contributed by atoms with van der Waals surface area (Å²) in [5, 5.41) is 0.752. The second kappa shape index (κ2) is 7.31. The molecule has 0 radical (unpaired) electrons. The van der Waals surface area contributed by atoms with E-state index in [1.54, 1.807) is 0 Å². The molecule has 0 spiro atoms. The molecule has 0 saturated carbocycles. The number of rotatable bonds is 5. The number of carbonyl (C=O) groups excluding carboxylic acids is 1. The fourth-order valence-corrected chi connectivity index (χ4v) is 2.34. The number of ether oxygens (including phenoxy) is 2. The average molecular weight is 358 g/mol. The van der Waals surface area contributed by atoms with E-state index >= 15 is 0 Å². The van der Waals surface area contributed by atoms with Crippen LogP contribution >= 0.6 is 0 Å². The van der Waals surface area contributed by atoms with Crippen LogP contribution in [0.2, 0.25) is 0 Å². The highest BCUT2D eigenvalue weighted by atomic mass is 19.2. The second-order valence-corrected chi connectivity index (χ2v) is 5.41. The minimum atomic E-state index is -1.02. The molecule has 0 aliphatic rings. The fraction of sp³-hybridized carbons (Fsp3) is 0.0500. The smallest absolute Gasteiger partial charge is 0.343 e. The summed E-state index contributed by atoms with van der Waals surface area (Å²) < 4.78 is 50.8. The van der Waals surface area contributed by atoms with Crippen molar-refractivity contribution in [1.29, 1.82) is 0 Å². The number of carbonyl (C=O) groups is 1. The van der Waals surface area contributed by atoms with Crippen LogP contribution in [0.1, 0.15) is 10.4 Å². The molecule has 3 nitrogen and oxygen atoms in total. The van der Waals surface area contributed by atoms with Crippen molar-refractivity contribution in [2.75, 3.05) is 6.61 Å². The van der Waals surface area contributed by atoms with Gasteiger partial charge in [-0.1, -0.05) is 18.7 Å². The molecule has 132 valence electrons. The Balaban J connectivity index is 1.82. The van der Waals surface area contributed by atoms with Gasteiger partial charge in [0.05, 0.1) is 5.56 Å². The van der Waals surface area contributed by atoms with E-state index in [-0.39, 0.29) is 23.7 Å². The van der Waals surface area contributed by atoms with Crippen molar-refractivity contribution in [3.63, 3.8) is 0 Å². The number of fused-ring (bicyclic) bond motifs is 1. The molecular formula is C20H13F3O3. The monoisotopic (exact) mass is 358 g/mol. The van der Waals surface area contributed by atoms with Gasteiger partial charge in [-0.05, 0) is 47.2 Å². The fourth-order valence-electron chi connectivity index (χ4n) is 2.34. The number of hydrogen-bond acceptors (Lipinski definition) is 3. The van der Waals surface area contributed by atoms with Crippen LogP contribution in [-0.2, 0) is 0 Å². The third kappa shape index (κ3) is 3.69. The molecule has 0 aliphatic carbocycles. The van der Waals surface area contributed by atoms with Crippen molar-refractivity contribution in [2.24, 2.45) is 0 Å². The van der Waals surface area contributed by atoms with E-state index in [0.29, 0.717) is 10.8 Å². The molecule has 3 aromatic carbocycles. The average Bonchev–Trinajstić information content (AvgIpc) is 2.62. The van der Waals surface area contributed by atoms with Crippen LogP contribution in [-0.4, -0.2) is 12.6 Å². The quantitative estimate of drug-likeness (QED) is 0.364. The summed E-state index contributed by atoms with van der Waals surface area (Å²) in [5.41, 5.74) is 0.0786. The Hall–Kier alpha value is -3.28. The third-order valence-corrected chi connectivity index (χ3v) is 3.59.